The van der Waals surface area contributed by atoms with Gasteiger partial charge in [-0.05, 0) is 19.1 Å². The molecule has 21 heavy (non-hydrogen) atoms. The minimum Gasteiger partial charge on any atom is -0.363 e. The van der Waals surface area contributed by atoms with E-state index in [0.29, 0.717) is 6.42 Å². The van der Waals surface area contributed by atoms with Gasteiger partial charge in [0.1, 0.15) is 11.4 Å². The molecule has 2 aliphatic heterocycles. The number of hydrogen-bond acceptors (Lipinski definition) is 5. The number of carbonyl (C=O) groups excluding carboxylic acids is 1. The molecule has 4 nitrogen and oxygen atoms in total. The average Bonchev–Trinajstić information content (AvgIpc) is 2.59. The molecule has 3 rings (SSSR count). The van der Waals surface area contributed by atoms with Crippen molar-refractivity contribution in [1.82, 2.24) is 0 Å². The molecule has 2 saturated heterocycles. The molecular formula is C16H26O4S. The summed E-state index contributed by atoms with van der Waals surface area (Å²) in [6, 6.07) is 0. The minimum absolute atomic E-state index is 0.0903. The second-order valence-corrected chi connectivity index (χ2v) is 8.02. The Balaban J connectivity index is 1.56. The molecular weight excluding hydrogens is 288 g/mol. The highest BCUT2D eigenvalue weighted by atomic mass is 32.2. The monoisotopic (exact) mass is 314 g/mol. The van der Waals surface area contributed by atoms with Gasteiger partial charge in [-0.2, -0.15) is 11.8 Å². The third-order valence-electron chi connectivity index (χ3n) is 5.25. The number of hydrogen-bond donors (Lipinski definition) is 1. The quantitative estimate of drug-likeness (QED) is 0.732. The van der Waals surface area contributed by atoms with E-state index in [1.165, 1.54) is 25.7 Å². The summed E-state index contributed by atoms with van der Waals surface area (Å²) in [4.78, 5) is 12.3. The van der Waals surface area contributed by atoms with Gasteiger partial charge in [0.2, 0.25) is 0 Å². The molecule has 0 aromatic rings. The first-order chi connectivity index (χ1) is 9.99. The van der Waals surface area contributed by atoms with E-state index in [4.69, 9.17) is 9.47 Å². The fraction of sp³-hybridized carbons (Fsp3) is 0.938. The van der Waals surface area contributed by atoms with Gasteiger partial charge in [-0.3, -0.25) is 4.79 Å². The molecule has 0 amide bonds. The van der Waals surface area contributed by atoms with E-state index in [0.717, 1.165) is 11.5 Å². The Hall–Kier alpha value is -0.100. The number of rotatable bonds is 7. The van der Waals surface area contributed by atoms with Gasteiger partial charge < -0.3 is 14.6 Å². The minimum atomic E-state index is -1.25. The van der Waals surface area contributed by atoms with Crippen LogP contribution in [0.1, 0.15) is 52.4 Å². The van der Waals surface area contributed by atoms with Gasteiger partial charge >= 0.3 is 0 Å². The Morgan fingerprint density at radius 3 is 2.90 bits per heavy atom. The predicted molar refractivity (Wildman–Crippen MR) is 82.0 cm³/mol. The van der Waals surface area contributed by atoms with E-state index >= 15 is 0 Å². The van der Waals surface area contributed by atoms with E-state index in [1.807, 2.05) is 11.8 Å². The van der Waals surface area contributed by atoms with Crippen LogP contribution in [0.3, 0.4) is 0 Å². The number of unbranched alkanes of at least 4 members (excludes halogenated alkanes) is 3. The number of ether oxygens (including phenoxy) is 2. The maximum atomic E-state index is 12.3. The zero-order valence-corrected chi connectivity index (χ0v) is 13.8. The summed E-state index contributed by atoms with van der Waals surface area (Å²) in [6.45, 7) is 4.02. The van der Waals surface area contributed by atoms with Crippen LogP contribution in [0.4, 0.5) is 0 Å². The van der Waals surface area contributed by atoms with Crippen LogP contribution in [-0.2, 0) is 14.3 Å². The van der Waals surface area contributed by atoms with Crippen LogP contribution < -0.4 is 0 Å². The van der Waals surface area contributed by atoms with Gasteiger partial charge in [-0.25, -0.2) is 0 Å². The van der Waals surface area contributed by atoms with Crippen molar-refractivity contribution < 1.29 is 19.4 Å². The standard InChI is InChI=1S/C16H26O4S/c1-3-4-5-6-7-21-10-12-11-8-16(18)15(2,9-13(11)17)19-14(12)20-16/h11-12,14,18H,3-10H2,1-2H3/t11-,12+,14+,15+,16-/m1/s1. The molecule has 2 heterocycles. The van der Waals surface area contributed by atoms with Crippen molar-refractivity contribution in [1.29, 1.82) is 0 Å². The molecule has 5 heteroatoms. The Morgan fingerprint density at radius 2 is 2.14 bits per heavy atom. The third-order valence-corrected chi connectivity index (χ3v) is 6.45. The van der Waals surface area contributed by atoms with Crippen molar-refractivity contribution in [3.63, 3.8) is 0 Å². The number of carbonyl (C=O) groups is 1. The molecule has 0 aromatic carbocycles. The van der Waals surface area contributed by atoms with E-state index in [1.54, 1.807) is 6.92 Å². The van der Waals surface area contributed by atoms with Crippen molar-refractivity contribution in [2.45, 2.75) is 70.1 Å². The van der Waals surface area contributed by atoms with Crippen LogP contribution in [0.25, 0.3) is 0 Å². The smallest absolute Gasteiger partial charge is 0.198 e. The van der Waals surface area contributed by atoms with E-state index in [9.17, 15) is 9.90 Å². The third kappa shape index (κ3) is 2.67. The van der Waals surface area contributed by atoms with E-state index in [-0.39, 0.29) is 24.0 Å². The van der Waals surface area contributed by atoms with Gasteiger partial charge in [0.25, 0.3) is 0 Å². The summed E-state index contributed by atoms with van der Waals surface area (Å²) < 4.78 is 11.7. The molecule has 3 bridgehead atoms. The molecule has 0 spiro atoms. The molecule has 3 aliphatic rings. The highest BCUT2D eigenvalue weighted by Crippen LogP contribution is 2.56. The summed E-state index contributed by atoms with van der Waals surface area (Å²) in [5, 5.41) is 10.6. The lowest BCUT2D eigenvalue weighted by Crippen LogP contribution is -2.59. The van der Waals surface area contributed by atoms with Crippen LogP contribution in [-0.4, -0.2) is 40.1 Å². The molecule has 120 valence electrons. The van der Waals surface area contributed by atoms with E-state index < -0.39 is 17.7 Å². The summed E-state index contributed by atoms with van der Waals surface area (Å²) in [5.41, 5.74) is -0.841. The lowest BCUT2D eigenvalue weighted by molar-refractivity contribution is -0.266. The van der Waals surface area contributed by atoms with Crippen molar-refractivity contribution in [2.75, 3.05) is 11.5 Å². The van der Waals surface area contributed by atoms with Crippen LogP contribution in [0.2, 0.25) is 0 Å². The van der Waals surface area contributed by atoms with Gasteiger partial charge in [0, 0.05) is 30.4 Å². The summed E-state index contributed by atoms with van der Waals surface area (Å²) >= 11 is 1.89. The zero-order valence-electron chi connectivity index (χ0n) is 13.0. The van der Waals surface area contributed by atoms with Crippen LogP contribution in [0, 0.1) is 11.8 Å². The van der Waals surface area contributed by atoms with Crippen molar-refractivity contribution in [3.8, 4) is 0 Å². The van der Waals surface area contributed by atoms with Crippen LogP contribution >= 0.6 is 11.8 Å². The molecule has 0 unspecified atom stereocenters. The van der Waals surface area contributed by atoms with Crippen molar-refractivity contribution >= 4 is 17.5 Å². The number of thioether (sulfide) groups is 1. The molecule has 1 N–H and O–H groups in total. The number of Topliss-reactive ketones (excluding diaryl/α,β-unsaturated/α-hetero) is 1. The first-order valence-electron chi connectivity index (χ1n) is 8.17. The van der Waals surface area contributed by atoms with E-state index in [2.05, 4.69) is 6.92 Å². The Kier molecular flexibility index (Phi) is 4.39. The van der Waals surface area contributed by atoms with Gasteiger partial charge in [0.15, 0.2) is 12.1 Å². The normalized spacial score (nSPS) is 44.5. The topological polar surface area (TPSA) is 55.8 Å². The second kappa shape index (κ2) is 5.84. The predicted octanol–water partition coefficient (Wildman–Crippen LogP) is 2.73. The van der Waals surface area contributed by atoms with Crippen molar-refractivity contribution in [3.05, 3.63) is 0 Å². The summed E-state index contributed by atoms with van der Waals surface area (Å²) in [7, 11) is 0. The highest BCUT2D eigenvalue weighted by molar-refractivity contribution is 7.99. The first-order valence-corrected chi connectivity index (χ1v) is 9.33. The molecule has 5 atom stereocenters. The number of aliphatic hydroxyl groups is 1. The maximum absolute atomic E-state index is 12.3. The number of fused-ring (bicyclic) bond motifs is 2. The SMILES string of the molecule is CCCCCCSC[C@@H]1[C@@H]2O[C@]3(O)C[C@H]1C(=O)C[C@]3(C)O2. The Bertz CT molecular complexity index is 415. The summed E-state index contributed by atoms with van der Waals surface area (Å²) in [5.74, 6) is 1.01. The molecule has 0 radical (unpaired) electrons. The van der Waals surface area contributed by atoms with Gasteiger partial charge in [-0.15, -0.1) is 0 Å². The largest absolute Gasteiger partial charge is 0.363 e. The number of ketones is 1. The fourth-order valence-corrected chi connectivity index (χ4v) is 5.04. The van der Waals surface area contributed by atoms with Crippen LogP contribution in [0.5, 0.6) is 0 Å². The lowest BCUT2D eigenvalue weighted by atomic mass is 9.70. The molecule has 1 aliphatic carbocycles. The fourth-order valence-electron chi connectivity index (χ4n) is 3.81. The molecule has 1 saturated carbocycles. The van der Waals surface area contributed by atoms with Gasteiger partial charge in [0.05, 0.1) is 0 Å². The lowest BCUT2D eigenvalue weighted by Gasteiger charge is -2.45. The Morgan fingerprint density at radius 1 is 1.33 bits per heavy atom. The van der Waals surface area contributed by atoms with Crippen LogP contribution in [0.15, 0.2) is 0 Å². The second-order valence-electron chi connectivity index (χ2n) is 6.87. The Labute approximate surface area is 131 Å². The average molecular weight is 314 g/mol. The highest BCUT2D eigenvalue weighted by Gasteiger charge is 2.69. The summed E-state index contributed by atoms with van der Waals surface area (Å²) in [6.07, 6.45) is 5.34. The van der Waals surface area contributed by atoms with Gasteiger partial charge in [-0.1, -0.05) is 26.2 Å². The maximum Gasteiger partial charge on any atom is 0.198 e. The first kappa shape index (κ1) is 15.8. The molecule has 0 aromatic heterocycles. The van der Waals surface area contributed by atoms with Crippen molar-refractivity contribution in [2.24, 2.45) is 11.8 Å². The zero-order chi connectivity index (χ0) is 15.1. The molecule has 3 fully saturated rings.